The van der Waals surface area contributed by atoms with Gasteiger partial charge in [0.1, 0.15) is 5.82 Å². The average Bonchev–Trinajstić information content (AvgIpc) is 2.72. The van der Waals surface area contributed by atoms with E-state index >= 15 is 0 Å². The Balaban J connectivity index is 1.69. The molecule has 0 saturated heterocycles. The van der Waals surface area contributed by atoms with Crippen molar-refractivity contribution in [3.63, 3.8) is 0 Å². The van der Waals surface area contributed by atoms with Gasteiger partial charge in [-0.15, -0.1) is 11.8 Å². The second-order valence-corrected chi connectivity index (χ2v) is 4.49. The van der Waals surface area contributed by atoms with Crippen LogP contribution in [0.2, 0.25) is 0 Å². The zero-order valence-corrected chi connectivity index (χ0v) is 9.73. The highest BCUT2D eigenvalue weighted by Gasteiger charge is 1.96. The van der Waals surface area contributed by atoms with Crippen molar-refractivity contribution >= 4 is 17.6 Å². The van der Waals surface area contributed by atoms with Crippen molar-refractivity contribution in [2.75, 3.05) is 11.5 Å². The summed E-state index contributed by atoms with van der Waals surface area (Å²) in [5, 5.41) is 5.20. The summed E-state index contributed by atoms with van der Waals surface area (Å²) in [4.78, 5) is 4.25. The minimum Gasteiger partial charge on any atom is -0.382 e. The summed E-state index contributed by atoms with van der Waals surface area (Å²) >= 11 is 1.76. The molecule has 84 valence electrons. The monoisotopic (exact) mass is 234 g/mol. The van der Waals surface area contributed by atoms with Crippen molar-refractivity contribution in [2.45, 2.75) is 18.0 Å². The fourth-order valence-electron chi connectivity index (χ4n) is 1.34. The van der Waals surface area contributed by atoms with Crippen molar-refractivity contribution < 1.29 is 0 Å². The van der Waals surface area contributed by atoms with Gasteiger partial charge in [-0.25, -0.2) is 4.98 Å². The molecule has 4 nitrogen and oxygen atoms in total. The van der Waals surface area contributed by atoms with Crippen LogP contribution in [0, 0.1) is 0 Å². The smallest absolute Gasteiger partial charge is 0.145 e. The van der Waals surface area contributed by atoms with Gasteiger partial charge in [0.15, 0.2) is 0 Å². The molecule has 0 radical (unpaired) electrons. The largest absolute Gasteiger partial charge is 0.382 e. The Labute approximate surface area is 98.9 Å². The summed E-state index contributed by atoms with van der Waals surface area (Å²) in [5.41, 5.74) is 5.53. The third kappa shape index (κ3) is 3.27. The van der Waals surface area contributed by atoms with E-state index in [4.69, 9.17) is 5.73 Å². The Kier molecular flexibility index (Phi) is 3.82. The van der Waals surface area contributed by atoms with Crippen LogP contribution in [0.1, 0.15) is 6.42 Å². The number of hydrogen-bond donors (Lipinski definition) is 1. The standard InChI is InChI=1S/C11H14N4S/c12-10-5-8-15(14-10)7-3-9-16-11-4-1-2-6-13-11/h1-2,4-6,8H,3,7,9H2,(H2,12,14). The summed E-state index contributed by atoms with van der Waals surface area (Å²) in [6, 6.07) is 7.77. The number of nitrogens with two attached hydrogens (primary N) is 1. The van der Waals surface area contributed by atoms with Crippen LogP contribution in [0.4, 0.5) is 5.82 Å². The molecule has 0 atom stereocenters. The second-order valence-electron chi connectivity index (χ2n) is 3.37. The highest BCUT2D eigenvalue weighted by Crippen LogP contribution is 2.15. The third-order valence-electron chi connectivity index (χ3n) is 2.08. The molecule has 0 aliphatic carbocycles. The lowest BCUT2D eigenvalue weighted by atomic mass is 10.5. The van der Waals surface area contributed by atoms with Gasteiger partial charge < -0.3 is 5.73 Å². The second kappa shape index (κ2) is 5.55. The molecule has 2 heterocycles. The predicted octanol–water partition coefficient (Wildman–Crippen LogP) is 2.04. The molecule has 0 unspecified atom stereocenters. The topological polar surface area (TPSA) is 56.7 Å². The zero-order chi connectivity index (χ0) is 11.2. The summed E-state index contributed by atoms with van der Waals surface area (Å²) in [7, 11) is 0. The first-order valence-electron chi connectivity index (χ1n) is 5.17. The van der Waals surface area contributed by atoms with Crippen LogP contribution in [-0.4, -0.2) is 20.5 Å². The van der Waals surface area contributed by atoms with E-state index in [9.17, 15) is 0 Å². The molecule has 0 spiro atoms. The van der Waals surface area contributed by atoms with E-state index in [-0.39, 0.29) is 0 Å². The lowest BCUT2D eigenvalue weighted by molar-refractivity contribution is 0.608. The lowest BCUT2D eigenvalue weighted by Crippen LogP contribution is -2.00. The molecule has 16 heavy (non-hydrogen) atoms. The van der Waals surface area contributed by atoms with Crippen molar-refractivity contribution in [3.05, 3.63) is 36.7 Å². The van der Waals surface area contributed by atoms with Gasteiger partial charge in [0.25, 0.3) is 0 Å². The van der Waals surface area contributed by atoms with Crippen molar-refractivity contribution in [1.82, 2.24) is 14.8 Å². The molecular formula is C11H14N4S. The Bertz CT molecular complexity index is 427. The van der Waals surface area contributed by atoms with Gasteiger partial charge in [0.2, 0.25) is 0 Å². The van der Waals surface area contributed by atoms with Crippen molar-refractivity contribution in [2.24, 2.45) is 0 Å². The minimum absolute atomic E-state index is 0.581. The van der Waals surface area contributed by atoms with Gasteiger partial charge >= 0.3 is 0 Å². The summed E-state index contributed by atoms with van der Waals surface area (Å²) in [6.45, 7) is 0.900. The highest BCUT2D eigenvalue weighted by atomic mass is 32.2. The molecule has 2 N–H and O–H groups in total. The van der Waals surface area contributed by atoms with Crippen LogP contribution in [0.25, 0.3) is 0 Å². The number of pyridine rings is 1. The Hall–Kier alpha value is -1.49. The van der Waals surface area contributed by atoms with Gasteiger partial charge in [0, 0.05) is 24.7 Å². The normalized spacial score (nSPS) is 10.5. The Morgan fingerprint density at radius 3 is 2.94 bits per heavy atom. The summed E-state index contributed by atoms with van der Waals surface area (Å²) in [6.07, 6.45) is 4.78. The van der Waals surface area contributed by atoms with E-state index in [1.54, 1.807) is 11.8 Å². The maximum absolute atomic E-state index is 5.53. The number of nitrogen functional groups attached to an aromatic ring is 1. The highest BCUT2D eigenvalue weighted by molar-refractivity contribution is 7.99. The van der Waals surface area contributed by atoms with E-state index < -0.39 is 0 Å². The van der Waals surface area contributed by atoms with Gasteiger partial charge in [-0.3, -0.25) is 4.68 Å². The van der Waals surface area contributed by atoms with E-state index in [1.165, 1.54) is 0 Å². The number of thioether (sulfide) groups is 1. The maximum Gasteiger partial charge on any atom is 0.145 e. The Morgan fingerprint density at radius 2 is 2.25 bits per heavy atom. The van der Waals surface area contributed by atoms with E-state index in [1.807, 2.05) is 41.3 Å². The first kappa shape index (κ1) is 11.0. The molecule has 0 bridgehead atoms. The maximum atomic E-state index is 5.53. The van der Waals surface area contributed by atoms with E-state index in [0.717, 1.165) is 23.7 Å². The van der Waals surface area contributed by atoms with Gasteiger partial charge in [-0.2, -0.15) is 5.10 Å². The SMILES string of the molecule is Nc1ccn(CCCSc2ccccn2)n1. The molecule has 0 fully saturated rings. The molecule has 5 heteroatoms. The molecule has 0 aliphatic rings. The number of hydrogen-bond acceptors (Lipinski definition) is 4. The van der Waals surface area contributed by atoms with Crippen LogP contribution < -0.4 is 5.73 Å². The summed E-state index contributed by atoms with van der Waals surface area (Å²) < 4.78 is 1.87. The minimum atomic E-state index is 0.581. The zero-order valence-electron chi connectivity index (χ0n) is 8.91. The van der Waals surface area contributed by atoms with Gasteiger partial charge in [0.05, 0.1) is 5.03 Å². The van der Waals surface area contributed by atoms with E-state index in [2.05, 4.69) is 10.1 Å². The van der Waals surface area contributed by atoms with Gasteiger partial charge in [-0.1, -0.05) is 6.07 Å². The Morgan fingerprint density at radius 1 is 1.31 bits per heavy atom. The average molecular weight is 234 g/mol. The number of nitrogens with zero attached hydrogens (tertiary/aromatic N) is 3. The fraction of sp³-hybridized carbons (Fsp3) is 0.273. The van der Waals surface area contributed by atoms with Gasteiger partial charge in [-0.05, 0) is 24.6 Å². The summed E-state index contributed by atoms with van der Waals surface area (Å²) in [5.74, 6) is 1.62. The fourth-order valence-corrected chi connectivity index (χ4v) is 2.13. The first-order chi connectivity index (χ1) is 7.84. The molecule has 0 amide bonds. The van der Waals surface area contributed by atoms with Crippen LogP contribution in [-0.2, 0) is 6.54 Å². The third-order valence-corrected chi connectivity index (χ3v) is 3.11. The number of aromatic nitrogens is 3. The van der Waals surface area contributed by atoms with Crippen LogP contribution in [0.15, 0.2) is 41.7 Å². The number of aryl methyl sites for hydroxylation is 1. The number of rotatable bonds is 5. The van der Waals surface area contributed by atoms with Crippen molar-refractivity contribution in [1.29, 1.82) is 0 Å². The number of anilines is 1. The molecule has 0 aromatic carbocycles. The molecule has 2 aromatic rings. The first-order valence-corrected chi connectivity index (χ1v) is 6.16. The van der Waals surface area contributed by atoms with Crippen LogP contribution in [0.5, 0.6) is 0 Å². The van der Waals surface area contributed by atoms with Crippen LogP contribution in [0.3, 0.4) is 0 Å². The quantitative estimate of drug-likeness (QED) is 0.635. The lowest BCUT2D eigenvalue weighted by Gasteiger charge is -2.01. The molecular weight excluding hydrogens is 220 g/mol. The predicted molar refractivity (Wildman–Crippen MR) is 66.2 cm³/mol. The van der Waals surface area contributed by atoms with E-state index in [0.29, 0.717) is 5.82 Å². The molecule has 2 rings (SSSR count). The molecule has 2 aromatic heterocycles. The molecule has 0 saturated carbocycles. The molecule has 0 aliphatic heterocycles. The van der Waals surface area contributed by atoms with Crippen LogP contribution >= 0.6 is 11.8 Å². The van der Waals surface area contributed by atoms with Crippen molar-refractivity contribution in [3.8, 4) is 0 Å².